The number of allylic oxidation sites excluding steroid dienone is 1. The van der Waals surface area contributed by atoms with E-state index in [0.717, 1.165) is 16.6 Å². The lowest BCUT2D eigenvalue weighted by molar-refractivity contribution is -0.139. The van der Waals surface area contributed by atoms with E-state index in [2.05, 4.69) is 20.6 Å². The van der Waals surface area contributed by atoms with Gasteiger partial charge in [-0.1, -0.05) is 0 Å². The highest BCUT2D eigenvalue weighted by Crippen LogP contribution is 2.31. The molecule has 0 saturated carbocycles. The van der Waals surface area contributed by atoms with E-state index in [4.69, 9.17) is 14.6 Å². The number of Topliss-reactive ketones (excluding diaryl/α,β-unsaturated/α-hetero) is 1. The quantitative estimate of drug-likeness (QED) is 0.235. The molecule has 4 rings (SSSR count). The number of ketones is 1. The van der Waals surface area contributed by atoms with Crippen LogP contribution in [0.4, 0.5) is 11.4 Å². The van der Waals surface area contributed by atoms with Crippen molar-refractivity contribution in [2.45, 2.75) is 13.8 Å². The normalized spacial score (nSPS) is 14.6. The van der Waals surface area contributed by atoms with Gasteiger partial charge in [-0.25, -0.2) is 9.78 Å². The van der Waals surface area contributed by atoms with E-state index >= 15 is 0 Å². The largest absolute Gasteiger partial charge is 0.462 e. The molecule has 0 bridgehead atoms. The summed E-state index contributed by atoms with van der Waals surface area (Å²) < 4.78 is 10.9. The average Bonchev–Trinajstić information content (AvgIpc) is 3.35. The summed E-state index contributed by atoms with van der Waals surface area (Å²) in [6.45, 7) is 4.12. The molecule has 170 valence electrons. The summed E-state index contributed by atoms with van der Waals surface area (Å²) in [6, 6.07) is 9.18. The number of aryl methyl sites for hydroxylation is 1. The molecule has 2 aromatic heterocycles. The number of esters is 1. The third-order valence-electron chi connectivity index (χ3n) is 5.05. The van der Waals surface area contributed by atoms with Crippen molar-refractivity contribution in [2.75, 3.05) is 30.4 Å². The Balaban J connectivity index is 1.66. The van der Waals surface area contributed by atoms with Gasteiger partial charge in [0.15, 0.2) is 11.3 Å². The van der Waals surface area contributed by atoms with E-state index < -0.39 is 11.8 Å². The van der Waals surface area contributed by atoms with Crippen molar-refractivity contribution in [3.05, 3.63) is 71.1 Å². The van der Waals surface area contributed by atoms with Crippen molar-refractivity contribution in [1.29, 1.82) is 0 Å². The van der Waals surface area contributed by atoms with E-state index in [9.17, 15) is 9.59 Å². The van der Waals surface area contributed by atoms with Crippen molar-refractivity contribution in [3.63, 3.8) is 0 Å². The van der Waals surface area contributed by atoms with Crippen molar-refractivity contribution in [2.24, 2.45) is 0 Å². The number of nitrogens with one attached hydrogen (secondary N) is 3. The van der Waals surface area contributed by atoms with Gasteiger partial charge in [0.25, 0.3) is 0 Å². The molecule has 4 N–H and O–H groups in total. The second-order valence-electron chi connectivity index (χ2n) is 7.31. The van der Waals surface area contributed by atoms with Crippen LogP contribution in [-0.4, -0.2) is 46.6 Å². The first-order chi connectivity index (χ1) is 16.0. The Morgan fingerprint density at radius 2 is 2.18 bits per heavy atom. The number of aliphatic hydroxyl groups excluding tert-OH is 1. The maximum Gasteiger partial charge on any atom is 0.347 e. The molecule has 1 aliphatic heterocycles. The van der Waals surface area contributed by atoms with Gasteiger partial charge < -0.3 is 30.2 Å². The van der Waals surface area contributed by atoms with Crippen LogP contribution in [0.5, 0.6) is 0 Å². The maximum atomic E-state index is 13.1. The highest BCUT2D eigenvalue weighted by molar-refractivity contribution is 6.26. The number of fused-ring (bicyclic) bond motifs is 1. The molecule has 0 saturated heterocycles. The van der Waals surface area contributed by atoms with Crippen molar-refractivity contribution in [1.82, 2.24) is 9.97 Å². The predicted molar refractivity (Wildman–Crippen MR) is 124 cm³/mol. The number of pyridine rings is 1. The summed E-state index contributed by atoms with van der Waals surface area (Å²) in [7, 11) is 0. The highest BCUT2D eigenvalue weighted by Gasteiger charge is 2.37. The van der Waals surface area contributed by atoms with Gasteiger partial charge in [-0.15, -0.1) is 0 Å². The second-order valence-corrected chi connectivity index (χ2v) is 7.31. The fraction of sp³-hybridized carbons (Fsp3) is 0.208. The number of carbonyl (C=O) groups excluding carboxylic acids is 2. The minimum Gasteiger partial charge on any atom is -0.462 e. The van der Waals surface area contributed by atoms with Crippen LogP contribution in [0.2, 0.25) is 0 Å². The zero-order chi connectivity index (χ0) is 23.4. The Labute approximate surface area is 190 Å². The summed E-state index contributed by atoms with van der Waals surface area (Å²) in [5, 5.41) is 15.9. The van der Waals surface area contributed by atoms with E-state index in [1.165, 1.54) is 0 Å². The molecule has 0 fully saturated rings. The Morgan fingerprint density at radius 3 is 2.94 bits per heavy atom. The number of H-pyrrole nitrogens is 1. The van der Waals surface area contributed by atoms with Gasteiger partial charge in [0.1, 0.15) is 5.65 Å². The third kappa shape index (κ3) is 4.58. The third-order valence-corrected chi connectivity index (χ3v) is 5.05. The Morgan fingerprint density at radius 1 is 1.33 bits per heavy atom. The molecular weight excluding hydrogens is 424 g/mol. The first-order valence-electron chi connectivity index (χ1n) is 10.5. The molecule has 0 atom stereocenters. The molecule has 0 aliphatic carbocycles. The predicted octanol–water partition coefficient (Wildman–Crippen LogP) is 3.10. The van der Waals surface area contributed by atoms with Crippen LogP contribution in [0.15, 0.2) is 59.9 Å². The molecule has 33 heavy (non-hydrogen) atoms. The van der Waals surface area contributed by atoms with Crippen LogP contribution in [0.3, 0.4) is 0 Å². The SMILES string of the molecule is CCOC(=O)C1=C(Nc2ccc(NCCO)cc2C)O/C(=C\c2c[nH]c3ncccc23)C1=O. The first-order valence-corrected chi connectivity index (χ1v) is 10.5. The topological polar surface area (TPSA) is 126 Å². The molecule has 3 aromatic rings. The number of aliphatic hydroxyl groups is 1. The molecule has 1 aromatic carbocycles. The van der Waals surface area contributed by atoms with Gasteiger partial charge in [-0.2, -0.15) is 0 Å². The minimum atomic E-state index is -0.757. The number of carbonyl (C=O) groups is 2. The van der Waals surface area contributed by atoms with Crippen molar-refractivity contribution < 1.29 is 24.2 Å². The number of nitrogens with zero attached hydrogens (tertiary/aromatic N) is 1. The fourth-order valence-corrected chi connectivity index (χ4v) is 3.48. The van der Waals surface area contributed by atoms with Gasteiger partial charge in [0.2, 0.25) is 11.7 Å². The van der Waals surface area contributed by atoms with E-state index in [1.54, 1.807) is 37.5 Å². The van der Waals surface area contributed by atoms with Crippen LogP contribution in [0, 0.1) is 6.92 Å². The van der Waals surface area contributed by atoms with Crippen LogP contribution in [0.25, 0.3) is 17.1 Å². The maximum absolute atomic E-state index is 13.1. The Kier molecular flexibility index (Phi) is 6.41. The molecular formula is C24H24N4O5. The monoisotopic (exact) mass is 448 g/mol. The standard InChI is InChI=1S/C24H24N4O5/c1-3-32-24(31)20-21(30)19(12-15-13-27-22-17(15)5-4-8-26-22)33-23(20)28-18-7-6-16(11-14(18)2)25-9-10-29/h4-8,11-13,25,28-29H,3,9-10H2,1-2H3,(H,26,27)/b19-12-. The Bertz CT molecular complexity index is 1270. The summed E-state index contributed by atoms with van der Waals surface area (Å²) in [6.07, 6.45) is 4.97. The highest BCUT2D eigenvalue weighted by atomic mass is 16.5. The molecule has 0 unspecified atom stereocenters. The number of hydrogen-bond acceptors (Lipinski definition) is 8. The molecule has 3 heterocycles. The lowest BCUT2D eigenvalue weighted by Crippen LogP contribution is -2.16. The number of ether oxygens (including phenoxy) is 2. The second kappa shape index (κ2) is 9.58. The van der Waals surface area contributed by atoms with Gasteiger partial charge in [-0.05, 0) is 55.8 Å². The summed E-state index contributed by atoms with van der Waals surface area (Å²) in [5.74, 6) is -1.30. The fourth-order valence-electron chi connectivity index (χ4n) is 3.48. The van der Waals surface area contributed by atoms with Crippen LogP contribution in [0.1, 0.15) is 18.1 Å². The minimum absolute atomic E-state index is 0.00388. The zero-order valence-electron chi connectivity index (χ0n) is 18.3. The number of anilines is 2. The number of aromatic nitrogens is 2. The summed E-state index contributed by atoms with van der Waals surface area (Å²) in [4.78, 5) is 33.0. The lowest BCUT2D eigenvalue weighted by atomic mass is 10.1. The van der Waals surface area contributed by atoms with Crippen molar-refractivity contribution >= 4 is 40.2 Å². The summed E-state index contributed by atoms with van der Waals surface area (Å²) in [5.41, 5.74) is 3.54. The van der Waals surface area contributed by atoms with Gasteiger partial charge in [-0.3, -0.25) is 4.79 Å². The molecule has 0 radical (unpaired) electrons. The molecule has 0 amide bonds. The molecule has 9 heteroatoms. The molecule has 1 aliphatic rings. The molecule has 9 nitrogen and oxygen atoms in total. The van der Waals surface area contributed by atoms with Gasteiger partial charge in [0, 0.05) is 41.3 Å². The van der Waals surface area contributed by atoms with E-state index in [-0.39, 0.29) is 30.4 Å². The number of benzene rings is 1. The summed E-state index contributed by atoms with van der Waals surface area (Å²) >= 11 is 0. The number of aromatic amines is 1. The smallest absolute Gasteiger partial charge is 0.347 e. The van der Waals surface area contributed by atoms with E-state index in [1.807, 2.05) is 25.1 Å². The lowest BCUT2D eigenvalue weighted by Gasteiger charge is -2.13. The average molecular weight is 448 g/mol. The van der Waals surface area contributed by atoms with E-state index in [0.29, 0.717) is 23.4 Å². The van der Waals surface area contributed by atoms with Crippen LogP contribution < -0.4 is 10.6 Å². The zero-order valence-corrected chi connectivity index (χ0v) is 18.3. The van der Waals surface area contributed by atoms with Gasteiger partial charge in [0.05, 0.1) is 13.2 Å². The van der Waals surface area contributed by atoms with Crippen molar-refractivity contribution in [3.8, 4) is 0 Å². The number of hydrogen-bond donors (Lipinski definition) is 4. The van der Waals surface area contributed by atoms with Crippen LogP contribution >= 0.6 is 0 Å². The molecule has 0 spiro atoms. The number of rotatable bonds is 8. The first kappa shape index (κ1) is 22.1. The Hall–Kier alpha value is -4.11. The van der Waals surface area contributed by atoms with Gasteiger partial charge >= 0.3 is 5.97 Å². The van der Waals surface area contributed by atoms with Crippen LogP contribution in [-0.2, 0) is 19.1 Å².